The average molecular weight is 385 g/mol. The van der Waals surface area contributed by atoms with Gasteiger partial charge >= 0.3 is 0 Å². The minimum Gasteiger partial charge on any atom is -0.352 e. The van der Waals surface area contributed by atoms with Crippen molar-refractivity contribution in [3.8, 4) is 11.1 Å². The number of amides is 1. The molecule has 0 bridgehead atoms. The van der Waals surface area contributed by atoms with Gasteiger partial charge in [-0.25, -0.2) is 8.42 Å². The van der Waals surface area contributed by atoms with E-state index in [1.165, 1.54) is 10.7 Å². The highest BCUT2D eigenvalue weighted by atomic mass is 32.2. The van der Waals surface area contributed by atoms with E-state index in [1.54, 1.807) is 18.2 Å². The van der Waals surface area contributed by atoms with Crippen molar-refractivity contribution in [2.24, 2.45) is 0 Å². The molecule has 5 nitrogen and oxygen atoms in total. The third-order valence-electron chi connectivity index (χ3n) is 5.42. The molecule has 2 aromatic carbocycles. The van der Waals surface area contributed by atoms with Crippen LogP contribution in [0.1, 0.15) is 37.7 Å². The van der Waals surface area contributed by atoms with Crippen LogP contribution in [0.15, 0.2) is 47.4 Å². The highest BCUT2D eigenvalue weighted by Gasteiger charge is 2.36. The molecule has 0 spiro atoms. The Morgan fingerprint density at radius 1 is 1.07 bits per heavy atom. The number of benzene rings is 2. The molecule has 1 amide bonds. The number of carbonyl (C=O) groups excluding carboxylic acids is 1. The normalized spacial score (nSPS) is 18.5. The van der Waals surface area contributed by atoms with Crippen LogP contribution in [0.2, 0.25) is 0 Å². The van der Waals surface area contributed by atoms with Gasteiger partial charge in [0, 0.05) is 17.2 Å². The van der Waals surface area contributed by atoms with Crippen LogP contribution in [0.25, 0.3) is 11.1 Å². The first-order valence-electron chi connectivity index (χ1n) is 9.49. The Kier molecular flexibility index (Phi) is 4.68. The summed E-state index contributed by atoms with van der Waals surface area (Å²) < 4.78 is 27.7. The van der Waals surface area contributed by atoms with E-state index in [1.807, 2.05) is 31.2 Å². The molecule has 1 aliphatic heterocycles. The Balaban J connectivity index is 1.69. The van der Waals surface area contributed by atoms with Gasteiger partial charge in [0.15, 0.2) is 0 Å². The van der Waals surface area contributed by atoms with Crippen molar-refractivity contribution in [2.75, 3.05) is 10.8 Å². The average Bonchev–Trinajstić information content (AvgIpc) is 2.66. The van der Waals surface area contributed by atoms with E-state index in [-0.39, 0.29) is 23.4 Å². The highest BCUT2D eigenvalue weighted by molar-refractivity contribution is 7.93. The molecule has 2 aromatic rings. The Morgan fingerprint density at radius 3 is 2.59 bits per heavy atom. The summed E-state index contributed by atoms with van der Waals surface area (Å²) in [7, 11) is -3.77. The number of anilines is 1. The fraction of sp³-hybridized carbons (Fsp3) is 0.381. The van der Waals surface area contributed by atoms with Gasteiger partial charge in [-0.15, -0.1) is 0 Å². The zero-order valence-electron chi connectivity index (χ0n) is 15.4. The van der Waals surface area contributed by atoms with Gasteiger partial charge in [-0.2, -0.15) is 0 Å². The second kappa shape index (κ2) is 7.00. The molecule has 0 radical (unpaired) electrons. The van der Waals surface area contributed by atoms with Crippen LogP contribution in [0, 0.1) is 6.92 Å². The molecule has 6 heteroatoms. The molecule has 1 N–H and O–H groups in total. The molecule has 0 unspecified atom stereocenters. The zero-order chi connectivity index (χ0) is 19.0. The third-order valence-corrected chi connectivity index (χ3v) is 7.24. The van der Waals surface area contributed by atoms with Crippen LogP contribution < -0.4 is 9.62 Å². The second-order valence-corrected chi connectivity index (χ2v) is 9.26. The van der Waals surface area contributed by atoms with Gasteiger partial charge in [-0.3, -0.25) is 9.10 Å². The van der Waals surface area contributed by atoms with Crippen molar-refractivity contribution in [1.82, 2.24) is 5.32 Å². The summed E-state index contributed by atoms with van der Waals surface area (Å²) in [5, 5.41) is 3.03. The maximum Gasteiger partial charge on any atom is 0.265 e. The molecule has 27 heavy (non-hydrogen) atoms. The lowest BCUT2D eigenvalue weighted by molar-refractivity contribution is -0.120. The van der Waals surface area contributed by atoms with Gasteiger partial charge < -0.3 is 5.32 Å². The Hall–Kier alpha value is -2.34. The molecule has 1 heterocycles. The first-order valence-corrected chi connectivity index (χ1v) is 10.9. The van der Waals surface area contributed by atoms with Gasteiger partial charge in [0.2, 0.25) is 5.91 Å². The van der Waals surface area contributed by atoms with Gasteiger partial charge in [-0.1, -0.05) is 49.1 Å². The zero-order valence-corrected chi connectivity index (χ0v) is 16.3. The number of fused-ring (bicyclic) bond motifs is 3. The lowest BCUT2D eigenvalue weighted by Gasteiger charge is -2.32. The minimum atomic E-state index is -3.77. The maximum absolute atomic E-state index is 13.2. The van der Waals surface area contributed by atoms with E-state index in [0.29, 0.717) is 11.3 Å². The smallest absolute Gasteiger partial charge is 0.265 e. The largest absolute Gasteiger partial charge is 0.352 e. The van der Waals surface area contributed by atoms with Crippen molar-refractivity contribution >= 4 is 21.6 Å². The number of aryl methyl sites for hydroxylation is 1. The fourth-order valence-corrected chi connectivity index (χ4v) is 5.72. The van der Waals surface area contributed by atoms with Gasteiger partial charge in [-0.05, 0) is 38.0 Å². The summed E-state index contributed by atoms with van der Waals surface area (Å²) in [6, 6.07) is 12.8. The molecular weight excluding hydrogens is 360 g/mol. The fourth-order valence-electron chi connectivity index (χ4n) is 4.07. The van der Waals surface area contributed by atoms with E-state index in [2.05, 4.69) is 5.32 Å². The third kappa shape index (κ3) is 3.34. The minimum absolute atomic E-state index is 0.156. The number of rotatable bonds is 3. The highest BCUT2D eigenvalue weighted by Crippen LogP contribution is 2.43. The van der Waals surface area contributed by atoms with Crippen molar-refractivity contribution in [2.45, 2.75) is 50.0 Å². The Labute approximate surface area is 160 Å². The van der Waals surface area contributed by atoms with Crippen LogP contribution in [0.5, 0.6) is 0 Å². The molecule has 142 valence electrons. The lowest BCUT2D eigenvalue weighted by Crippen LogP contribution is -2.45. The molecular formula is C21H24N2O3S. The van der Waals surface area contributed by atoms with Gasteiger partial charge in [0.1, 0.15) is 6.54 Å². The van der Waals surface area contributed by atoms with Crippen LogP contribution >= 0.6 is 0 Å². The van der Waals surface area contributed by atoms with E-state index < -0.39 is 10.0 Å². The summed E-state index contributed by atoms with van der Waals surface area (Å²) in [6.07, 6.45) is 5.37. The topological polar surface area (TPSA) is 66.5 Å². The molecule has 1 fully saturated rings. The van der Waals surface area contributed by atoms with E-state index in [0.717, 1.165) is 36.8 Å². The number of nitrogens with zero attached hydrogens (tertiary/aromatic N) is 1. The molecule has 1 saturated carbocycles. The summed E-state index contributed by atoms with van der Waals surface area (Å²) in [4.78, 5) is 12.9. The summed E-state index contributed by atoms with van der Waals surface area (Å²) in [5.41, 5.74) is 3.17. The first kappa shape index (κ1) is 18.0. The molecule has 0 atom stereocenters. The number of nitrogens with one attached hydrogen (secondary N) is 1. The van der Waals surface area contributed by atoms with Crippen molar-refractivity contribution < 1.29 is 13.2 Å². The predicted molar refractivity (Wildman–Crippen MR) is 106 cm³/mol. The van der Waals surface area contributed by atoms with Crippen LogP contribution in [0.4, 0.5) is 5.69 Å². The van der Waals surface area contributed by atoms with Crippen LogP contribution in [-0.4, -0.2) is 26.9 Å². The van der Waals surface area contributed by atoms with E-state index in [4.69, 9.17) is 0 Å². The predicted octanol–water partition coefficient (Wildman–Crippen LogP) is 3.62. The quantitative estimate of drug-likeness (QED) is 0.879. The number of carbonyl (C=O) groups is 1. The van der Waals surface area contributed by atoms with Crippen molar-refractivity contribution in [3.05, 3.63) is 48.0 Å². The van der Waals surface area contributed by atoms with Gasteiger partial charge in [0.25, 0.3) is 10.0 Å². The summed E-state index contributed by atoms with van der Waals surface area (Å²) in [6.45, 7) is 1.79. The monoisotopic (exact) mass is 384 g/mol. The number of hydrogen-bond acceptors (Lipinski definition) is 3. The summed E-state index contributed by atoms with van der Waals surface area (Å²) >= 11 is 0. The summed E-state index contributed by atoms with van der Waals surface area (Å²) in [5.74, 6) is -0.239. The van der Waals surface area contributed by atoms with E-state index >= 15 is 0 Å². The molecule has 2 aliphatic rings. The lowest BCUT2D eigenvalue weighted by atomic mass is 9.95. The maximum atomic E-state index is 13.2. The van der Waals surface area contributed by atoms with Crippen LogP contribution in [-0.2, 0) is 14.8 Å². The Morgan fingerprint density at radius 2 is 1.81 bits per heavy atom. The molecule has 0 aromatic heterocycles. The standard InChI is InChI=1S/C21H24N2O3S/c1-15-11-12-19-18(13-15)17-9-5-6-10-20(17)27(25,26)23(19)14-21(24)22-16-7-3-2-4-8-16/h5-6,9-13,16H,2-4,7-8,14H2,1H3,(H,22,24). The Bertz CT molecular complexity index is 979. The number of sulfonamides is 1. The van der Waals surface area contributed by atoms with Crippen molar-refractivity contribution in [3.63, 3.8) is 0 Å². The SMILES string of the molecule is Cc1ccc2c(c1)-c1ccccc1S(=O)(=O)N2CC(=O)NC1CCCCC1. The number of hydrogen-bond donors (Lipinski definition) is 1. The molecule has 4 rings (SSSR count). The molecule has 1 aliphatic carbocycles. The first-order chi connectivity index (χ1) is 13.0. The second-order valence-electron chi connectivity index (χ2n) is 7.43. The molecule has 0 saturated heterocycles. The van der Waals surface area contributed by atoms with Crippen LogP contribution in [0.3, 0.4) is 0 Å². The van der Waals surface area contributed by atoms with Gasteiger partial charge in [0.05, 0.1) is 10.6 Å². The van der Waals surface area contributed by atoms with Crippen molar-refractivity contribution in [1.29, 1.82) is 0 Å². The van der Waals surface area contributed by atoms with E-state index in [9.17, 15) is 13.2 Å².